The fourth-order valence-electron chi connectivity index (χ4n) is 1.76. The summed E-state index contributed by atoms with van der Waals surface area (Å²) in [4.78, 5) is -2.05. The molecule has 0 saturated heterocycles. The Labute approximate surface area is 120 Å². The van der Waals surface area contributed by atoms with Crippen LogP contribution in [0.3, 0.4) is 0 Å². The summed E-state index contributed by atoms with van der Waals surface area (Å²) in [5, 5.41) is 0. The predicted octanol–water partition coefficient (Wildman–Crippen LogP) is 7.03. The largest absolute Gasteiger partial charge is 0.416 e. The third kappa shape index (κ3) is 3.70. The number of alkyl halides is 3. The van der Waals surface area contributed by atoms with Crippen molar-refractivity contribution in [3.63, 3.8) is 0 Å². The second-order valence-corrected chi connectivity index (χ2v) is 6.98. The molecule has 122 valence electrons. The molecule has 0 spiro atoms. The molecule has 0 nitrogen and oxygen atoms in total. The molecule has 0 amide bonds. The van der Waals surface area contributed by atoms with Gasteiger partial charge < -0.3 is 0 Å². The Bertz CT molecular complexity index is 680. The molecule has 0 unspecified atom stereocenters. The summed E-state index contributed by atoms with van der Waals surface area (Å²) in [6, 6.07) is 5.63. The van der Waals surface area contributed by atoms with E-state index in [1.54, 1.807) is 0 Å². The molecule has 0 aliphatic carbocycles. The molecule has 9 heteroatoms. The van der Waals surface area contributed by atoms with E-state index in [1.165, 1.54) is 0 Å². The van der Waals surface area contributed by atoms with Crippen LogP contribution in [0.1, 0.15) is 5.56 Å². The molecular formula is C13H8F8S. The van der Waals surface area contributed by atoms with E-state index in [2.05, 4.69) is 0 Å². The van der Waals surface area contributed by atoms with Crippen molar-refractivity contribution in [1.82, 2.24) is 0 Å². The van der Waals surface area contributed by atoms with Crippen LogP contribution in [0.4, 0.5) is 32.6 Å². The van der Waals surface area contributed by atoms with E-state index in [0.717, 1.165) is 36.4 Å². The molecule has 22 heavy (non-hydrogen) atoms. The standard InChI is InChI=1S/C13H8F8S/c14-13(15,16)11-5-1-9(2-6-11)10-3-7-12(8-4-10)22(17,18,19,20)21/h1-8H. The Hall–Kier alpha value is -1.77. The van der Waals surface area contributed by atoms with Crippen molar-refractivity contribution in [2.24, 2.45) is 0 Å². The van der Waals surface area contributed by atoms with E-state index in [4.69, 9.17) is 0 Å². The second-order valence-electron chi connectivity index (χ2n) is 4.57. The Morgan fingerprint density at radius 1 is 0.591 bits per heavy atom. The third-order valence-corrected chi connectivity index (χ3v) is 4.01. The molecule has 0 bridgehead atoms. The van der Waals surface area contributed by atoms with Gasteiger partial charge in [0.15, 0.2) is 0 Å². The van der Waals surface area contributed by atoms with Gasteiger partial charge in [-0.2, -0.15) is 13.2 Å². The van der Waals surface area contributed by atoms with Crippen molar-refractivity contribution in [1.29, 1.82) is 0 Å². The first-order chi connectivity index (χ1) is 9.66. The van der Waals surface area contributed by atoms with E-state index in [9.17, 15) is 32.6 Å². The van der Waals surface area contributed by atoms with Crippen LogP contribution in [0.5, 0.6) is 0 Å². The zero-order chi connectivity index (χ0) is 16.9. The van der Waals surface area contributed by atoms with E-state index >= 15 is 0 Å². The molecule has 0 radical (unpaired) electrons. The molecule has 0 aromatic heterocycles. The first-order valence-corrected chi connectivity index (χ1v) is 7.64. The van der Waals surface area contributed by atoms with E-state index in [1.807, 2.05) is 0 Å². The monoisotopic (exact) mass is 348 g/mol. The summed E-state index contributed by atoms with van der Waals surface area (Å²) in [5.74, 6) is 0. The van der Waals surface area contributed by atoms with Crippen molar-refractivity contribution in [3.8, 4) is 11.1 Å². The van der Waals surface area contributed by atoms with E-state index in [-0.39, 0.29) is 23.3 Å². The SMILES string of the molecule is FC(F)(F)c1ccc(-c2ccc(S(F)(F)(F)(F)F)cc2)cc1. The molecule has 0 fully saturated rings. The average Bonchev–Trinajstić information content (AvgIpc) is 2.35. The van der Waals surface area contributed by atoms with Gasteiger partial charge in [-0.15, -0.1) is 0 Å². The van der Waals surface area contributed by atoms with Gasteiger partial charge in [0.2, 0.25) is 0 Å². The van der Waals surface area contributed by atoms with Crippen LogP contribution in [-0.2, 0) is 6.18 Å². The Balaban J connectivity index is 2.37. The highest BCUT2D eigenvalue weighted by Gasteiger charge is 2.65. The van der Waals surface area contributed by atoms with Crippen LogP contribution in [-0.4, -0.2) is 0 Å². The lowest BCUT2D eigenvalue weighted by Crippen LogP contribution is -2.05. The summed E-state index contributed by atoms with van der Waals surface area (Å²) in [5.41, 5.74) is -0.638. The van der Waals surface area contributed by atoms with Crippen molar-refractivity contribution in [2.45, 2.75) is 11.1 Å². The number of benzene rings is 2. The summed E-state index contributed by atoms with van der Waals surface area (Å²) in [6.07, 6.45) is -4.54. The van der Waals surface area contributed by atoms with Crippen LogP contribution in [0.2, 0.25) is 0 Å². The lowest BCUT2D eigenvalue weighted by atomic mass is 10.0. The van der Waals surface area contributed by atoms with Crippen LogP contribution in [0.25, 0.3) is 11.1 Å². The van der Waals surface area contributed by atoms with Gasteiger partial charge in [0, 0.05) is 0 Å². The van der Waals surface area contributed by atoms with Gasteiger partial charge in [-0.1, -0.05) is 43.7 Å². The third-order valence-electron chi connectivity index (χ3n) is 2.85. The van der Waals surface area contributed by atoms with Crippen LogP contribution in [0.15, 0.2) is 53.4 Å². The minimum Gasteiger partial charge on any atom is -0.166 e. The van der Waals surface area contributed by atoms with Crippen LogP contribution < -0.4 is 0 Å². The first-order valence-electron chi connectivity index (χ1n) is 5.69. The van der Waals surface area contributed by atoms with Crippen molar-refractivity contribution < 1.29 is 32.6 Å². The minimum absolute atomic E-state index is 0.0966. The fraction of sp³-hybridized carbons (Fsp3) is 0.0769. The van der Waals surface area contributed by atoms with Crippen LogP contribution in [0, 0.1) is 0 Å². The van der Waals surface area contributed by atoms with Gasteiger partial charge in [0.05, 0.1) is 5.56 Å². The molecule has 0 aliphatic heterocycles. The molecule has 0 N–H and O–H groups in total. The highest BCUT2D eigenvalue weighted by Crippen LogP contribution is 3.02. The maximum Gasteiger partial charge on any atom is 0.416 e. The van der Waals surface area contributed by atoms with Gasteiger partial charge in [0.25, 0.3) is 0 Å². The average molecular weight is 348 g/mol. The maximum atomic E-state index is 12.5. The molecule has 2 aromatic rings. The van der Waals surface area contributed by atoms with Gasteiger partial charge >= 0.3 is 16.4 Å². The number of hydrogen-bond donors (Lipinski definition) is 0. The van der Waals surface area contributed by atoms with Gasteiger partial charge in [-0.3, -0.25) is 0 Å². The van der Waals surface area contributed by atoms with Crippen molar-refractivity contribution in [3.05, 3.63) is 54.1 Å². The van der Waals surface area contributed by atoms with Crippen molar-refractivity contribution >= 4 is 10.2 Å². The molecule has 0 heterocycles. The number of halogens is 8. The summed E-state index contributed by atoms with van der Waals surface area (Å²) >= 11 is 0. The minimum atomic E-state index is -9.75. The highest BCUT2D eigenvalue weighted by atomic mass is 32.5. The lowest BCUT2D eigenvalue weighted by molar-refractivity contribution is -0.137. The smallest absolute Gasteiger partial charge is 0.166 e. The normalized spacial score (nSPS) is 16.0. The van der Waals surface area contributed by atoms with Gasteiger partial charge in [0.1, 0.15) is 4.90 Å². The zero-order valence-electron chi connectivity index (χ0n) is 10.6. The molecule has 2 aromatic carbocycles. The first kappa shape index (κ1) is 16.6. The Morgan fingerprint density at radius 3 is 1.27 bits per heavy atom. The Kier molecular flexibility index (Phi) is 3.13. The summed E-state index contributed by atoms with van der Waals surface area (Å²) in [6.45, 7) is 0. The van der Waals surface area contributed by atoms with Crippen LogP contribution >= 0.6 is 10.2 Å². The molecular weight excluding hydrogens is 340 g/mol. The zero-order valence-corrected chi connectivity index (χ0v) is 11.4. The van der Waals surface area contributed by atoms with Gasteiger partial charge in [-0.25, -0.2) is 0 Å². The fourth-order valence-corrected chi connectivity index (χ4v) is 2.41. The number of hydrogen-bond acceptors (Lipinski definition) is 0. The maximum absolute atomic E-state index is 12.5. The van der Waals surface area contributed by atoms with E-state index in [0.29, 0.717) is 0 Å². The molecule has 0 atom stereocenters. The Morgan fingerprint density at radius 2 is 0.955 bits per heavy atom. The molecule has 0 saturated carbocycles. The predicted molar refractivity (Wildman–Crippen MR) is 68.3 cm³/mol. The quantitative estimate of drug-likeness (QED) is 0.511. The molecule has 0 aliphatic rings. The van der Waals surface area contributed by atoms with E-state index < -0.39 is 26.9 Å². The van der Waals surface area contributed by atoms with Gasteiger partial charge in [-0.05, 0) is 35.4 Å². The number of rotatable bonds is 2. The second kappa shape index (κ2) is 4.15. The summed E-state index contributed by atoms with van der Waals surface area (Å²) in [7, 11) is -9.75. The lowest BCUT2D eigenvalue weighted by Gasteiger charge is -2.40. The van der Waals surface area contributed by atoms with Crippen molar-refractivity contribution in [2.75, 3.05) is 0 Å². The summed E-state index contributed by atoms with van der Waals surface area (Å²) < 4.78 is 99.9. The highest BCUT2D eigenvalue weighted by molar-refractivity contribution is 8.45. The molecule has 2 rings (SSSR count). The topological polar surface area (TPSA) is 0 Å².